The van der Waals surface area contributed by atoms with Crippen molar-refractivity contribution < 1.29 is 4.79 Å². The summed E-state index contributed by atoms with van der Waals surface area (Å²) in [6.07, 6.45) is 0. The van der Waals surface area contributed by atoms with E-state index in [9.17, 15) is 4.79 Å². The summed E-state index contributed by atoms with van der Waals surface area (Å²) < 4.78 is 0. The summed E-state index contributed by atoms with van der Waals surface area (Å²) in [6.45, 7) is 0. The highest BCUT2D eigenvalue weighted by Crippen LogP contribution is 2.43. The third kappa shape index (κ3) is 2.17. The van der Waals surface area contributed by atoms with Crippen molar-refractivity contribution in [2.24, 2.45) is 0 Å². The minimum Gasteiger partial charge on any atom is -0.351 e. The Labute approximate surface area is 148 Å². The fourth-order valence-electron chi connectivity index (χ4n) is 3.07. The molecule has 114 valence electrons. The summed E-state index contributed by atoms with van der Waals surface area (Å²) in [5.74, 6) is -0.0425. The maximum absolute atomic E-state index is 12.9. The Morgan fingerprint density at radius 1 is 0.957 bits per heavy atom. The van der Waals surface area contributed by atoms with E-state index in [0.29, 0.717) is 31.9 Å². The van der Waals surface area contributed by atoms with Gasteiger partial charge in [-0.05, 0) is 24.4 Å². The van der Waals surface area contributed by atoms with E-state index in [2.05, 4.69) is 10.6 Å². The molecule has 1 aliphatic heterocycles. The lowest BCUT2D eigenvalue weighted by molar-refractivity contribution is 0.103. The first kappa shape index (κ1) is 14.7. The molecule has 0 amide bonds. The second-order valence-corrected chi connectivity index (χ2v) is 6.55. The second-order valence-electron chi connectivity index (χ2n) is 5.33. The number of carbonyl (C=O) groups is 1. The number of Topliss-reactive ketones (excluding diaryl/α,β-unsaturated/α-hetero) is 1. The highest BCUT2D eigenvalue weighted by atomic mass is 35.5. The average molecular weight is 361 g/mol. The van der Waals surface area contributed by atoms with Crippen molar-refractivity contribution >= 4 is 52.0 Å². The van der Waals surface area contributed by atoms with Crippen molar-refractivity contribution in [2.45, 2.75) is 6.04 Å². The average Bonchev–Trinajstić information content (AvgIpc) is 2.80. The van der Waals surface area contributed by atoms with Crippen molar-refractivity contribution in [3.05, 3.63) is 74.8 Å². The van der Waals surface area contributed by atoms with Gasteiger partial charge in [-0.3, -0.25) is 4.79 Å². The van der Waals surface area contributed by atoms with Gasteiger partial charge in [0, 0.05) is 26.7 Å². The third-order valence-corrected chi connectivity index (χ3v) is 4.93. The minimum absolute atomic E-state index is 0.0425. The van der Waals surface area contributed by atoms with Gasteiger partial charge in [0.25, 0.3) is 0 Å². The van der Waals surface area contributed by atoms with E-state index in [-0.39, 0.29) is 5.78 Å². The van der Waals surface area contributed by atoms with Crippen LogP contribution in [-0.2, 0) is 0 Å². The molecule has 2 aromatic carbocycles. The van der Waals surface area contributed by atoms with E-state index in [0.717, 1.165) is 11.3 Å². The van der Waals surface area contributed by atoms with Crippen molar-refractivity contribution in [3.8, 4) is 0 Å². The fraction of sp³-hybridized carbons (Fsp3) is 0.0588. The number of hydrogen-bond donors (Lipinski definition) is 2. The molecule has 2 aromatic rings. The lowest BCUT2D eigenvalue weighted by Crippen LogP contribution is -2.43. The van der Waals surface area contributed by atoms with E-state index in [1.165, 1.54) is 0 Å². The van der Waals surface area contributed by atoms with Crippen LogP contribution in [0, 0.1) is 0 Å². The van der Waals surface area contributed by atoms with Crippen LogP contribution in [0.5, 0.6) is 0 Å². The van der Waals surface area contributed by atoms with Gasteiger partial charge in [-0.15, -0.1) is 0 Å². The molecule has 6 heteroatoms. The summed E-state index contributed by atoms with van der Waals surface area (Å²) in [4.78, 5) is 12.9. The summed E-state index contributed by atoms with van der Waals surface area (Å²) >= 11 is 18.0. The maximum atomic E-state index is 12.9. The standard InChI is InChI=1S/C17H10Cl2N2OS/c18-10-6-3-7-11(19)12(10)15-13-14(20-17(23)21-15)8-4-1-2-5-9(8)16(13)22/h1-7,15H,(H2,20,21,23). The molecule has 0 spiro atoms. The first-order valence-electron chi connectivity index (χ1n) is 6.97. The number of benzene rings is 2. The quantitative estimate of drug-likeness (QED) is 0.750. The van der Waals surface area contributed by atoms with Crippen molar-refractivity contribution in [3.63, 3.8) is 0 Å². The third-order valence-electron chi connectivity index (χ3n) is 4.05. The number of ketones is 1. The Morgan fingerprint density at radius 2 is 1.61 bits per heavy atom. The van der Waals surface area contributed by atoms with Crippen LogP contribution in [0.4, 0.5) is 0 Å². The lowest BCUT2D eigenvalue weighted by Gasteiger charge is -2.29. The Bertz CT molecular complexity index is 887. The summed E-state index contributed by atoms with van der Waals surface area (Å²) in [5.41, 5.74) is 3.49. The van der Waals surface area contributed by atoms with Crippen LogP contribution < -0.4 is 10.6 Å². The predicted octanol–water partition coefficient (Wildman–Crippen LogP) is 4.12. The molecule has 0 aromatic heterocycles. The van der Waals surface area contributed by atoms with E-state index in [1.807, 2.05) is 24.3 Å². The van der Waals surface area contributed by atoms with Gasteiger partial charge in [0.15, 0.2) is 10.9 Å². The predicted molar refractivity (Wildman–Crippen MR) is 95.8 cm³/mol. The van der Waals surface area contributed by atoms with Crippen LogP contribution in [0.1, 0.15) is 27.5 Å². The van der Waals surface area contributed by atoms with Crippen LogP contribution in [-0.4, -0.2) is 10.9 Å². The zero-order valence-corrected chi connectivity index (χ0v) is 14.0. The lowest BCUT2D eigenvalue weighted by atomic mass is 9.94. The fourth-order valence-corrected chi connectivity index (χ4v) is 3.90. The van der Waals surface area contributed by atoms with Gasteiger partial charge in [-0.2, -0.15) is 0 Å². The zero-order valence-electron chi connectivity index (χ0n) is 11.7. The van der Waals surface area contributed by atoms with E-state index < -0.39 is 6.04 Å². The second kappa shape index (κ2) is 5.34. The molecular weight excluding hydrogens is 351 g/mol. The van der Waals surface area contributed by atoms with Gasteiger partial charge in [0.05, 0.1) is 17.3 Å². The first-order valence-corrected chi connectivity index (χ1v) is 8.14. The van der Waals surface area contributed by atoms with Gasteiger partial charge in [-0.25, -0.2) is 0 Å². The number of fused-ring (bicyclic) bond motifs is 2. The molecule has 1 unspecified atom stereocenters. The molecule has 0 radical (unpaired) electrons. The van der Waals surface area contributed by atoms with Crippen LogP contribution in [0.2, 0.25) is 10.0 Å². The maximum Gasteiger partial charge on any atom is 0.194 e. The molecule has 1 atom stereocenters. The number of rotatable bonds is 1. The number of halogens is 2. The Balaban J connectivity index is 1.95. The molecule has 0 fully saturated rings. The van der Waals surface area contributed by atoms with Gasteiger partial charge in [0.2, 0.25) is 0 Å². The molecule has 0 bridgehead atoms. The molecule has 23 heavy (non-hydrogen) atoms. The van der Waals surface area contributed by atoms with Crippen LogP contribution in [0.25, 0.3) is 5.70 Å². The summed E-state index contributed by atoms with van der Waals surface area (Å²) in [6, 6.07) is 12.3. The van der Waals surface area contributed by atoms with Crippen LogP contribution in [0.3, 0.4) is 0 Å². The normalized spacial score (nSPS) is 19.1. The van der Waals surface area contributed by atoms with E-state index >= 15 is 0 Å². The number of nitrogens with one attached hydrogen (secondary N) is 2. The SMILES string of the molecule is O=C1C2=C(NC(=S)NC2c2c(Cl)cccc2Cl)c2ccccc21. The molecule has 0 saturated heterocycles. The molecular formula is C17H10Cl2N2OS. The molecule has 3 nitrogen and oxygen atoms in total. The van der Waals surface area contributed by atoms with Crippen LogP contribution >= 0.6 is 35.4 Å². The van der Waals surface area contributed by atoms with Crippen molar-refractivity contribution in [1.29, 1.82) is 0 Å². The van der Waals surface area contributed by atoms with Crippen molar-refractivity contribution in [1.82, 2.24) is 10.6 Å². The van der Waals surface area contributed by atoms with E-state index in [1.54, 1.807) is 18.2 Å². The number of carbonyl (C=O) groups excluding carboxylic acids is 1. The first-order chi connectivity index (χ1) is 11.1. The molecule has 1 aliphatic carbocycles. The summed E-state index contributed by atoms with van der Waals surface area (Å²) in [5, 5.41) is 7.65. The zero-order chi connectivity index (χ0) is 16.1. The van der Waals surface area contributed by atoms with E-state index in [4.69, 9.17) is 35.4 Å². The highest BCUT2D eigenvalue weighted by Gasteiger charge is 2.39. The number of thiocarbonyl (C=S) groups is 1. The molecule has 0 saturated carbocycles. The molecule has 2 aliphatic rings. The monoisotopic (exact) mass is 360 g/mol. The minimum atomic E-state index is -0.472. The van der Waals surface area contributed by atoms with Gasteiger partial charge in [0.1, 0.15) is 0 Å². The molecule has 1 heterocycles. The number of hydrogen-bond acceptors (Lipinski definition) is 2. The Hall–Kier alpha value is -1.88. The summed E-state index contributed by atoms with van der Waals surface area (Å²) in [7, 11) is 0. The van der Waals surface area contributed by atoms with Gasteiger partial charge < -0.3 is 10.6 Å². The topological polar surface area (TPSA) is 41.1 Å². The highest BCUT2D eigenvalue weighted by molar-refractivity contribution is 7.80. The molecule has 4 rings (SSSR count). The van der Waals surface area contributed by atoms with Crippen molar-refractivity contribution in [2.75, 3.05) is 0 Å². The van der Waals surface area contributed by atoms with Gasteiger partial charge >= 0.3 is 0 Å². The Kier molecular flexibility index (Phi) is 3.41. The largest absolute Gasteiger partial charge is 0.351 e. The smallest absolute Gasteiger partial charge is 0.194 e. The van der Waals surface area contributed by atoms with Crippen LogP contribution in [0.15, 0.2) is 48.0 Å². The Morgan fingerprint density at radius 3 is 2.30 bits per heavy atom. The molecule has 2 N–H and O–H groups in total. The van der Waals surface area contributed by atoms with Gasteiger partial charge in [-0.1, -0.05) is 53.5 Å².